The first kappa shape index (κ1) is 39.8. The van der Waals surface area contributed by atoms with E-state index in [-0.39, 0.29) is 44.8 Å². The number of amides is 4. The molecule has 15 heteroatoms. The van der Waals surface area contributed by atoms with Crippen molar-refractivity contribution in [2.24, 2.45) is 5.73 Å². The highest BCUT2D eigenvalue weighted by atomic mass is 16.6. The van der Waals surface area contributed by atoms with Crippen LogP contribution in [0, 0.1) is 10.1 Å². The van der Waals surface area contributed by atoms with E-state index in [1.165, 1.54) is 29.2 Å². The lowest BCUT2D eigenvalue weighted by Crippen LogP contribution is -2.56. The van der Waals surface area contributed by atoms with Crippen molar-refractivity contribution in [2.75, 3.05) is 19.6 Å². The quantitative estimate of drug-likeness (QED) is 0.0532. The Bertz CT molecular complexity index is 1970. The Morgan fingerprint density at radius 2 is 1.55 bits per heavy atom. The van der Waals surface area contributed by atoms with Gasteiger partial charge in [-0.1, -0.05) is 72.8 Å². The molecule has 0 aliphatic carbocycles. The van der Waals surface area contributed by atoms with E-state index in [1.807, 2.05) is 72.8 Å². The van der Waals surface area contributed by atoms with Gasteiger partial charge >= 0.3 is 12.1 Å². The standard InChI is InChI=1S/C40H44N6O9/c41-33(15-7-21-42-40(51)55-26-27-9-2-1-3-10-27)37(48)44-34(23-30-13-6-12-29-11-4-5-14-32(29)30)39(50)45-22-8-16-35(45)38(49)43-24-36(47)54-25-28-17-19-31(20-18-28)46(52)53/h1-6,9-14,17-20,33-35H,7-8,15-16,21-26,41H2,(H,42,51)(H,43,49)(H,44,48)/t33-,34+,35-/m1/s1. The molecule has 0 unspecified atom stereocenters. The van der Waals surface area contributed by atoms with Crippen molar-refractivity contribution in [1.29, 1.82) is 0 Å². The zero-order valence-electron chi connectivity index (χ0n) is 30.2. The molecule has 5 rings (SSSR count). The number of nitrogens with one attached hydrogen (secondary N) is 3. The summed E-state index contributed by atoms with van der Waals surface area (Å²) in [5.74, 6) is -2.28. The van der Waals surface area contributed by atoms with Crippen LogP contribution in [-0.2, 0) is 48.3 Å². The molecule has 4 amide bonds. The van der Waals surface area contributed by atoms with Crippen molar-refractivity contribution in [3.8, 4) is 0 Å². The van der Waals surface area contributed by atoms with E-state index in [2.05, 4.69) is 16.0 Å². The van der Waals surface area contributed by atoms with Crippen LogP contribution in [0.2, 0.25) is 0 Å². The van der Waals surface area contributed by atoms with Gasteiger partial charge in [-0.3, -0.25) is 29.3 Å². The summed E-state index contributed by atoms with van der Waals surface area (Å²) in [6.07, 6.45) is 1.02. The van der Waals surface area contributed by atoms with Gasteiger partial charge in [-0.05, 0) is 65.3 Å². The minimum Gasteiger partial charge on any atom is -0.460 e. The smallest absolute Gasteiger partial charge is 0.407 e. The van der Waals surface area contributed by atoms with Crippen LogP contribution in [0.4, 0.5) is 10.5 Å². The van der Waals surface area contributed by atoms with E-state index in [0.29, 0.717) is 24.8 Å². The maximum Gasteiger partial charge on any atom is 0.407 e. The first-order chi connectivity index (χ1) is 26.6. The lowest BCUT2D eigenvalue weighted by molar-refractivity contribution is -0.384. The number of rotatable bonds is 17. The summed E-state index contributed by atoms with van der Waals surface area (Å²) in [4.78, 5) is 77.3. The summed E-state index contributed by atoms with van der Waals surface area (Å²) in [7, 11) is 0. The fraction of sp³-hybridized carbons (Fsp3) is 0.325. The summed E-state index contributed by atoms with van der Waals surface area (Å²) >= 11 is 0. The Hall–Kier alpha value is -6.35. The number of hydrogen-bond acceptors (Lipinski definition) is 10. The third-order valence-corrected chi connectivity index (χ3v) is 9.22. The first-order valence-corrected chi connectivity index (χ1v) is 18.0. The normalized spacial score (nSPS) is 14.7. The van der Waals surface area contributed by atoms with Gasteiger partial charge < -0.3 is 36.1 Å². The number of carbonyl (C=O) groups excluding carboxylic acids is 5. The number of nitrogens with two attached hydrogens (primary N) is 1. The highest BCUT2D eigenvalue weighted by Crippen LogP contribution is 2.23. The van der Waals surface area contributed by atoms with Gasteiger partial charge in [-0.15, -0.1) is 0 Å². The van der Waals surface area contributed by atoms with Gasteiger partial charge in [0, 0.05) is 31.6 Å². The summed E-state index contributed by atoms with van der Waals surface area (Å²) in [6.45, 7) is 0.0216. The van der Waals surface area contributed by atoms with Crippen molar-refractivity contribution in [2.45, 2.75) is 63.4 Å². The predicted molar refractivity (Wildman–Crippen MR) is 202 cm³/mol. The molecule has 1 fully saturated rings. The fourth-order valence-electron chi connectivity index (χ4n) is 6.30. The number of benzene rings is 4. The minimum atomic E-state index is -1.06. The molecule has 288 valence electrons. The van der Waals surface area contributed by atoms with E-state index in [0.717, 1.165) is 21.9 Å². The molecule has 0 bridgehead atoms. The third kappa shape index (κ3) is 11.6. The number of non-ortho nitro benzene ring substituents is 1. The largest absolute Gasteiger partial charge is 0.460 e. The highest BCUT2D eigenvalue weighted by molar-refractivity contribution is 5.95. The van der Waals surface area contributed by atoms with Crippen LogP contribution in [0.1, 0.15) is 42.4 Å². The molecule has 0 saturated carbocycles. The number of nitrogens with zero attached hydrogens (tertiary/aromatic N) is 2. The maximum absolute atomic E-state index is 14.2. The van der Waals surface area contributed by atoms with Crippen molar-refractivity contribution in [3.63, 3.8) is 0 Å². The number of ether oxygens (including phenoxy) is 2. The van der Waals surface area contributed by atoms with E-state index in [9.17, 15) is 34.1 Å². The van der Waals surface area contributed by atoms with Crippen LogP contribution in [0.3, 0.4) is 0 Å². The predicted octanol–water partition coefficient (Wildman–Crippen LogP) is 3.66. The number of fused-ring (bicyclic) bond motifs is 1. The molecular weight excluding hydrogens is 708 g/mol. The molecule has 0 radical (unpaired) electrons. The van der Waals surface area contributed by atoms with Gasteiger partial charge in [0.05, 0.1) is 11.0 Å². The molecule has 1 aliphatic rings. The molecule has 0 aromatic heterocycles. The molecule has 5 N–H and O–H groups in total. The molecule has 4 aromatic rings. The summed E-state index contributed by atoms with van der Waals surface area (Å²) < 4.78 is 10.4. The monoisotopic (exact) mass is 752 g/mol. The molecule has 1 saturated heterocycles. The number of carbonyl (C=O) groups is 5. The van der Waals surface area contributed by atoms with Crippen LogP contribution >= 0.6 is 0 Å². The summed E-state index contributed by atoms with van der Waals surface area (Å²) in [6, 6.07) is 25.2. The summed E-state index contributed by atoms with van der Waals surface area (Å²) in [5.41, 5.74) is 8.37. The number of nitro benzene ring substituents is 1. The highest BCUT2D eigenvalue weighted by Gasteiger charge is 2.38. The number of esters is 1. The second-order valence-corrected chi connectivity index (χ2v) is 13.1. The Kier molecular flexibility index (Phi) is 14.2. The summed E-state index contributed by atoms with van der Waals surface area (Å²) in [5, 5.41) is 20.8. The molecule has 55 heavy (non-hydrogen) atoms. The second-order valence-electron chi connectivity index (χ2n) is 13.1. The zero-order valence-corrected chi connectivity index (χ0v) is 30.2. The van der Waals surface area contributed by atoms with Gasteiger partial charge in [-0.2, -0.15) is 0 Å². The molecule has 4 aromatic carbocycles. The van der Waals surface area contributed by atoms with Crippen molar-refractivity contribution in [3.05, 3.63) is 124 Å². The van der Waals surface area contributed by atoms with Crippen LogP contribution in [0.5, 0.6) is 0 Å². The van der Waals surface area contributed by atoms with Crippen LogP contribution in [-0.4, -0.2) is 77.4 Å². The average Bonchev–Trinajstić information content (AvgIpc) is 3.70. The Labute approximate surface area is 317 Å². The Morgan fingerprint density at radius 1 is 0.855 bits per heavy atom. The number of nitro groups is 1. The number of alkyl carbamates (subject to hydrolysis) is 1. The number of hydrogen-bond donors (Lipinski definition) is 4. The van der Waals surface area contributed by atoms with E-state index in [1.54, 1.807) is 0 Å². The van der Waals surface area contributed by atoms with Gasteiger partial charge in [0.2, 0.25) is 17.7 Å². The Balaban J connectivity index is 1.17. The molecule has 0 spiro atoms. The molecule has 15 nitrogen and oxygen atoms in total. The van der Waals surface area contributed by atoms with E-state index in [4.69, 9.17) is 15.2 Å². The topological polar surface area (TPSA) is 212 Å². The molecular formula is C40H44N6O9. The third-order valence-electron chi connectivity index (χ3n) is 9.22. The van der Waals surface area contributed by atoms with Gasteiger partial charge in [0.15, 0.2) is 0 Å². The Morgan fingerprint density at radius 3 is 2.31 bits per heavy atom. The fourth-order valence-corrected chi connectivity index (χ4v) is 6.30. The zero-order chi connectivity index (χ0) is 39.2. The van der Waals surface area contributed by atoms with Crippen molar-refractivity contribution in [1.82, 2.24) is 20.9 Å². The maximum atomic E-state index is 14.2. The SMILES string of the molecule is N[C@H](CCCNC(=O)OCc1ccccc1)C(=O)N[C@@H](Cc1cccc2ccccc12)C(=O)N1CCC[C@@H]1C(=O)NCC(=O)OCc1ccc([N+](=O)[O-])cc1. The average molecular weight is 753 g/mol. The van der Waals surface area contributed by atoms with Crippen LogP contribution in [0.15, 0.2) is 97.1 Å². The van der Waals surface area contributed by atoms with Gasteiger partial charge in [0.1, 0.15) is 31.8 Å². The van der Waals surface area contributed by atoms with Gasteiger partial charge in [0.25, 0.3) is 5.69 Å². The van der Waals surface area contributed by atoms with Crippen molar-refractivity contribution >= 4 is 46.2 Å². The molecule has 1 heterocycles. The van der Waals surface area contributed by atoms with Crippen LogP contribution in [0.25, 0.3) is 10.8 Å². The molecule has 1 aliphatic heterocycles. The molecule has 3 atom stereocenters. The van der Waals surface area contributed by atoms with Crippen molar-refractivity contribution < 1.29 is 38.4 Å². The number of likely N-dealkylation sites (tertiary alicyclic amines) is 1. The minimum absolute atomic E-state index is 0.0942. The van der Waals surface area contributed by atoms with E-state index < -0.39 is 59.4 Å². The lowest BCUT2D eigenvalue weighted by atomic mass is 9.97. The second kappa shape index (κ2) is 19.6. The van der Waals surface area contributed by atoms with Gasteiger partial charge in [-0.25, -0.2) is 4.79 Å². The first-order valence-electron chi connectivity index (χ1n) is 18.0. The van der Waals surface area contributed by atoms with Crippen LogP contribution < -0.4 is 21.7 Å². The lowest BCUT2D eigenvalue weighted by Gasteiger charge is -2.29. The van der Waals surface area contributed by atoms with E-state index >= 15 is 0 Å².